The van der Waals surface area contributed by atoms with Crippen LogP contribution >= 0.6 is 22.9 Å². The van der Waals surface area contributed by atoms with Crippen LogP contribution in [0.2, 0.25) is 5.02 Å². The van der Waals surface area contributed by atoms with Gasteiger partial charge >= 0.3 is 0 Å². The minimum atomic E-state index is -0.352. The number of fused-ring (bicyclic) bond motifs is 1. The van der Waals surface area contributed by atoms with Crippen LogP contribution in [0, 0.1) is 0 Å². The van der Waals surface area contributed by atoms with Gasteiger partial charge in [-0.05, 0) is 43.3 Å². The van der Waals surface area contributed by atoms with E-state index in [0.29, 0.717) is 22.2 Å². The van der Waals surface area contributed by atoms with Gasteiger partial charge < -0.3 is 14.0 Å². The number of carbonyl (C=O) groups is 1. The third-order valence-electron chi connectivity index (χ3n) is 3.48. The molecule has 1 heterocycles. The minimum absolute atomic E-state index is 0.131. The predicted molar refractivity (Wildman–Crippen MR) is 99.5 cm³/mol. The third-order valence-corrected chi connectivity index (χ3v) is 4.83. The highest BCUT2D eigenvalue weighted by molar-refractivity contribution is 7.16. The Morgan fingerprint density at radius 2 is 1.96 bits per heavy atom. The van der Waals surface area contributed by atoms with E-state index >= 15 is 0 Å². The predicted octanol–water partition coefficient (Wildman–Crippen LogP) is 3.80. The zero-order valence-electron chi connectivity index (χ0n) is 13.9. The van der Waals surface area contributed by atoms with Crippen molar-refractivity contribution in [2.24, 2.45) is 12.0 Å². The molecule has 0 atom stereocenters. The van der Waals surface area contributed by atoms with Gasteiger partial charge in [0.15, 0.2) is 11.4 Å². The molecule has 0 bridgehead atoms. The molecule has 0 radical (unpaired) electrons. The fraction of sp³-hybridized carbons (Fsp3) is 0.222. The maximum atomic E-state index is 12.1. The number of aryl methyl sites for hydroxylation is 1. The summed E-state index contributed by atoms with van der Waals surface area (Å²) in [5, 5.41) is 0.616. The van der Waals surface area contributed by atoms with Crippen molar-refractivity contribution in [3.63, 3.8) is 0 Å². The number of aromatic nitrogens is 1. The SMILES string of the molecule is CCOc1cccc2sc(=NC(=O)COc3ccc(Cl)cc3)n(C)c12. The largest absolute Gasteiger partial charge is 0.492 e. The monoisotopic (exact) mass is 376 g/mol. The van der Waals surface area contributed by atoms with Crippen molar-refractivity contribution in [1.29, 1.82) is 0 Å². The van der Waals surface area contributed by atoms with E-state index in [2.05, 4.69) is 4.99 Å². The van der Waals surface area contributed by atoms with E-state index in [-0.39, 0.29) is 12.5 Å². The van der Waals surface area contributed by atoms with Crippen molar-refractivity contribution in [2.75, 3.05) is 13.2 Å². The molecular formula is C18H17ClN2O3S. The fourth-order valence-corrected chi connectivity index (χ4v) is 3.54. The number of rotatable bonds is 5. The fourth-order valence-electron chi connectivity index (χ4n) is 2.36. The molecule has 0 aliphatic carbocycles. The average Bonchev–Trinajstić information content (AvgIpc) is 2.91. The van der Waals surface area contributed by atoms with Gasteiger partial charge in [-0.15, -0.1) is 0 Å². The normalized spacial score (nSPS) is 11.7. The van der Waals surface area contributed by atoms with Crippen molar-refractivity contribution >= 4 is 39.1 Å². The molecule has 0 N–H and O–H groups in total. The van der Waals surface area contributed by atoms with Crippen LogP contribution in [0.3, 0.4) is 0 Å². The number of carbonyl (C=O) groups excluding carboxylic acids is 1. The number of halogens is 1. The number of nitrogens with zero attached hydrogens (tertiary/aromatic N) is 2. The molecular weight excluding hydrogens is 360 g/mol. The van der Waals surface area contributed by atoms with E-state index in [4.69, 9.17) is 21.1 Å². The molecule has 2 aromatic carbocycles. The number of hydrogen-bond donors (Lipinski definition) is 0. The summed E-state index contributed by atoms with van der Waals surface area (Å²) in [6, 6.07) is 12.7. The van der Waals surface area contributed by atoms with E-state index in [0.717, 1.165) is 16.0 Å². The maximum absolute atomic E-state index is 12.1. The number of hydrogen-bond acceptors (Lipinski definition) is 4. The number of amides is 1. The van der Waals surface area contributed by atoms with Gasteiger partial charge in [0.25, 0.3) is 5.91 Å². The molecule has 0 aliphatic rings. The van der Waals surface area contributed by atoms with Gasteiger partial charge in [-0.25, -0.2) is 0 Å². The van der Waals surface area contributed by atoms with Crippen LogP contribution in [0.1, 0.15) is 6.92 Å². The van der Waals surface area contributed by atoms with Crippen LogP contribution in [0.25, 0.3) is 10.2 Å². The van der Waals surface area contributed by atoms with E-state index < -0.39 is 0 Å². The van der Waals surface area contributed by atoms with Crippen LogP contribution in [0.5, 0.6) is 11.5 Å². The average molecular weight is 377 g/mol. The van der Waals surface area contributed by atoms with Crippen molar-refractivity contribution in [3.05, 3.63) is 52.3 Å². The zero-order valence-corrected chi connectivity index (χ0v) is 15.4. The quantitative estimate of drug-likeness (QED) is 0.680. The summed E-state index contributed by atoms with van der Waals surface area (Å²) in [6.45, 7) is 2.39. The minimum Gasteiger partial charge on any atom is -0.492 e. The molecule has 3 rings (SSSR count). The lowest BCUT2D eigenvalue weighted by molar-refractivity contribution is -0.120. The molecule has 3 aromatic rings. The van der Waals surface area contributed by atoms with Crippen LogP contribution in [-0.2, 0) is 11.8 Å². The number of para-hydroxylation sites is 1. The van der Waals surface area contributed by atoms with Crippen LogP contribution in [-0.4, -0.2) is 23.7 Å². The van der Waals surface area contributed by atoms with Gasteiger partial charge in [0, 0.05) is 12.1 Å². The second kappa shape index (κ2) is 7.72. The molecule has 0 aliphatic heterocycles. The number of thiazole rings is 1. The second-order valence-corrected chi connectivity index (χ2v) is 6.67. The Hall–Kier alpha value is -2.31. The molecule has 0 saturated heterocycles. The number of ether oxygens (including phenoxy) is 2. The summed E-state index contributed by atoms with van der Waals surface area (Å²) in [4.78, 5) is 16.9. The van der Waals surface area contributed by atoms with Crippen molar-refractivity contribution in [1.82, 2.24) is 4.57 Å². The highest BCUT2D eigenvalue weighted by atomic mass is 35.5. The summed E-state index contributed by atoms with van der Waals surface area (Å²) in [6.07, 6.45) is 0. The lowest BCUT2D eigenvalue weighted by Crippen LogP contribution is -2.17. The zero-order chi connectivity index (χ0) is 17.8. The first-order valence-corrected chi connectivity index (χ1v) is 8.95. The van der Waals surface area contributed by atoms with Crippen molar-refractivity contribution in [2.45, 2.75) is 6.92 Å². The molecule has 7 heteroatoms. The third kappa shape index (κ3) is 4.03. The molecule has 0 fully saturated rings. The molecule has 1 aromatic heterocycles. The van der Waals surface area contributed by atoms with Gasteiger partial charge in [0.2, 0.25) is 0 Å². The van der Waals surface area contributed by atoms with E-state index in [1.807, 2.05) is 36.7 Å². The van der Waals surface area contributed by atoms with Crippen LogP contribution < -0.4 is 14.3 Å². The lowest BCUT2D eigenvalue weighted by atomic mass is 10.3. The first-order valence-electron chi connectivity index (χ1n) is 7.75. The molecule has 5 nitrogen and oxygen atoms in total. The van der Waals surface area contributed by atoms with Gasteiger partial charge in [0.05, 0.1) is 11.3 Å². The molecule has 25 heavy (non-hydrogen) atoms. The van der Waals surface area contributed by atoms with Gasteiger partial charge in [-0.2, -0.15) is 4.99 Å². The maximum Gasteiger partial charge on any atom is 0.286 e. The van der Waals surface area contributed by atoms with E-state index in [9.17, 15) is 4.79 Å². The van der Waals surface area contributed by atoms with E-state index in [1.165, 1.54) is 11.3 Å². The molecule has 130 valence electrons. The van der Waals surface area contributed by atoms with Crippen LogP contribution in [0.4, 0.5) is 0 Å². The highest BCUT2D eigenvalue weighted by Gasteiger charge is 2.10. The van der Waals surface area contributed by atoms with Gasteiger partial charge in [-0.3, -0.25) is 4.79 Å². The lowest BCUT2D eigenvalue weighted by Gasteiger charge is -2.05. The topological polar surface area (TPSA) is 52.8 Å². The van der Waals surface area contributed by atoms with E-state index in [1.54, 1.807) is 24.3 Å². The Bertz CT molecular complexity index is 961. The molecule has 1 amide bonds. The highest BCUT2D eigenvalue weighted by Crippen LogP contribution is 2.26. The summed E-state index contributed by atoms with van der Waals surface area (Å²) in [5.74, 6) is 1.01. The van der Waals surface area contributed by atoms with Crippen LogP contribution in [0.15, 0.2) is 47.5 Å². The van der Waals surface area contributed by atoms with Crippen molar-refractivity contribution < 1.29 is 14.3 Å². The molecule has 0 spiro atoms. The number of benzene rings is 2. The van der Waals surface area contributed by atoms with Gasteiger partial charge in [0.1, 0.15) is 17.0 Å². The summed E-state index contributed by atoms with van der Waals surface area (Å²) in [5.41, 5.74) is 0.930. The second-order valence-electron chi connectivity index (χ2n) is 5.23. The Morgan fingerprint density at radius 3 is 2.68 bits per heavy atom. The smallest absolute Gasteiger partial charge is 0.286 e. The first kappa shape index (κ1) is 17.5. The Balaban J connectivity index is 1.82. The first-order chi connectivity index (χ1) is 12.1. The molecule has 0 unspecified atom stereocenters. The summed E-state index contributed by atoms with van der Waals surface area (Å²) >= 11 is 7.26. The Morgan fingerprint density at radius 1 is 1.20 bits per heavy atom. The molecule has 0 saturated carbocycles. The summed E-state index contributed by atoms with van der Waals surface area (Å²) in [7, 11) is 1.87. The Labute approximate surface area is 154 Å². The van der Waals surface area contributed by atoms with Gasteiger partial charge in [-0.1, -0.05) is 29.0 Å². The Kier molecular flexibility index (Phi) is 5.40. The van der Waals surface area contributed by atoms with Crippen molar-refractivity contribution in [3.8, 4) is 11.5 Å². The summed E-state index contributed by atoms with van der Waals surface area (Å²) < 4.78 is 14.0. The standard InChI is InChI=1S/C18H17ClN2O3S/c1-3-23-14-5-4-6-15-17(14)21(2)18(25-15)20-16(22)11-24-13-9-7-12(19)8-10-13/h4-10H,3,11H2,1-2H3.